The number of rotatable bonds is 3. The molecule has 0 atom stereocenters. The molecule has 2 aromatic rings. The molecule has 2 aromatic carbocycles. The molecule has 0 spiro atoms. The van der Waals surface area contributed by atoms with Crippen LogP contribution in [-0.4, -0.2) is 28.1 Å². The van der Waals surface area contributed by atoms with Crippen LogP contribution < -0.4 is 0 Å². The number of hydrogen-bond acceptors (Lipinski definition) is 6. The molecule has 0 saturated heterocycles. The first-order chi connectivity index (χ1) is 12.0. The van der Waals surface area contributed by atoms with Crippen molar-refractivity contribution >= 4 is 41.1 Å². The second kappa shape index (κ2) is 6.96. The van der Waals surface area contributed by atoms with Crippen LogP contribution in [0.5, 0.6) is 11.5 Å². The van der Waals surface area contributed by atoms with Crippen molar-refractivity contribution in [3.8, 4) is 11.5 Å². The number of hydrogen-bond donors (Lipinski definition) is 2. The Balaban J connectivity index is 1.88. The highest BCUT2D eigenvalue weighted by atomic mass is 35.5. The van der Waals surface area contributed by atoms with E-state index in [4.69, 9.17) is 27.9 Å². The van der Waals surface area contributed by atoms with Crippen LogP contribution in [0.4, 0.5) is 0 Å². The highest BCUT2D eigenvalue weighted by molar-refractivity contribution is 6.37. The van der Waals surface area contributed by atoms with E-state index in [1.807, 2.05) is 0 Å². The number of nitrogens with zero attached hydrogens (tertiary/aromatic N) is 2. The number of benzene rings is 2. The van der Waals surface area contributed by atoms with Gasteiger partial charge < -0.3 is 14.9 Å². The van der Waals surface area contributed by atoms with Gasteiger partial charge in [-0.05, 0) is 36.4 Å². The number of ketones is 1. The Morgan fingerprint density at radius 3 is 2.52 bits per heavy atom. The van der Waals surface area contributed by atoms with Crippen LogP contribution in [0.25, 0.3) is 0 Å². The highest BCUT2D eigenvalue weighted by Gasteiger charge is 2.20. The SMILES string of the molecule is O=C(C1=COC(c2ccc(O)cc2)=NN=C1)c1cc(Cl)cc(Cl)c1O. The number of phenolic OH excluding ortho intramolecular Hbond substituents is 2. The summed E-state index contributed by atoms with van der Waals surface area (Å²) < 4.78 is 5.40. The van der Waals surface area contributed by atoms with Gasteiger partial charge in [-0.3, -0.25) is 4.79 Å². The van der Waals surface area contributed by atoms with Gasteiger partial charge in [-0.25, -0.2) is 0 Å². The fourth-order valence-corrected chi connectivity index (χ4v) is 2.55. The van der Waals surface area contributed by atoms with Crippen LogP contribution in [0.15, 0.2) is 58.4 Å². The molecule has 0 aromatic heterocycles. The van der Waals surface area contributed by atoms with E-state index in [0.717, 1.165) is 0 Å². The number of halogens is 2. The van der Waals surface area contributed by atoms with E-state index in [1.54, 1.807) is 12.1 Å². The molecule has 126 valence electrons. The molecule has 6 nitrogen and oxygen atoms in total. The lowest BCUT2D eigenvalue weighted by atomic mass is 10.0. The third-order valence-corrected chi connectivity index (χ3v) is 3.80. The summed E-state index contributed by atoms with van der Waals surface area (Å²) in [4.78, 5) is 12.6. The lowest BCUT2D eigenvalue weighted by Crippen LogP contribution is -2.07. The van der Waals surface area contributed by atoms with Crippen LogP contribution in [0.3, 0.4) is 0 Å². The fourth-order valence-electron chi connectivity index (χ4n) is 2.05. The Morgan fingerprint density at radius 2 is 1.80 bits per heavy atom. The maximum atomic E-state index is 12.6. The van der Waals surface area contributed by atoms with Gasteiger partial charge in [0.15, 0.2) is 0 Å². The zero-order valence-corrected chi connectivity index (χ0v) is 14.0. The van der Waals surface area contributed by atoms with Gasteiger partial charge in [-0.1, -0.05) is 23.2 Å². The van der Waals surface area contributed by atoms with Crippen LogP contribution in [0, 0.1) is 0 Å². The minimum atomic E-state index is -0.576. The summed E-state index contributed by atoms with van der Waals surface area (Å²) in [6.45, 7) is 0. The number of phenols is 2. The number of allylic oxidation sites excluding steroid dienone is 1. The molecule has 0 aliphatic carbocycles. The van der Waals surface area contributed by atoms with Crippen molar-refractivity contribution in [3.63, 3.8) is 0 Å². The molecule has 1 aliphatic rings. The van der Waals surface area contributed by atoms with Crippen molar-refractivity contribution in [2.24, 2.45) is 10.2 Å². The summed E-state index contributed by atoms with van der Waals surface area (Å²) in [5.74, 6) is -0.712. The normalized spacial score (nSPS) is 13.5. The third-order valence-electron chi connectivity index (χ3n) is 3.29. The second-order valence-electron chi connectivity index (χ2n) is 5.00. The van der Waals surface area contributed by atoms with Gasteiger partial charge in [0.2, 0.25) is 11.7 Å². The van der Waals surface area contributed by atoms with E-state index in [2.05, 4.69) is 10.2 Å². The molecule has 25 heavy (non-hydrogen) atoms. The van der Waals surface area contributed by atoms with Gasteiger partial charge in [-0.15, -0.1) is 5.10 Å². The number of aromatic hydroxyl groups is 2. The van der Waals surface area contributed by atoms with Gasteiger partial charge in [0, 0.05) is 10.6 Å². The summed E-state index contributed by atoms with van der Waals surface area (Å²) >= 11 is 11.7. The van der Waals surface area contributed by atoms with Crippen LogP contribution in [0.1, 0.15) is 15.9 Å². The molecule has 3 rings (SSSR count). The standard InChI is InChI=1S/C17H10Cl2N2O4/c18-11-5-13(16(24)14(19)6-11)15(23)10-7-20-21-17(25-8-10)9-1-3-12(22)4-2-9/h1-8,22,24H. The average molecular weight is 377 g/mol. The molecule has 0 saturated carbocycles. The molecule has 0 unspecified atom stereocenters. The van der Waals surface area contributed by atoms with Crippen LogP contribution in [0.2, 0.25) is 10.0 Å². The second-order valence-corrected chi connectivity index (χ2v) is 5.84. The van der Waals surface area contributed by atoms with Crippen molar-refractivity contribution < 1.29 is 19.7 Å². The topological polar surface area (TPSA) is 91.5 Å². The Bertz CT molecular complexity index is 934. The summed E-state index contributed by atoms with van der Waals surface area (Å²) in [5, 5.41) is 27.1. The van der Waals surface area contributed by atoms with Crippen LogP contribution >= 0.6 is 23.2 Å². The minimum Gasteiger partial charge on any atom is -0.508 e. The maximum Gasteiger partial charge on any atom is 0.245 e. The van der Waals surface area contributed by atoms with Gasteiger partial charge in [0.05, 0.1) is 22.4 Å². The van der Waals surface area contributed by atoms with E-state index in [0.29, 0.717) is 5.56 Å². The van der Waals surface area contributed by atoms with Crippen molar-refractivity contribution in [2.75, 3.05) is 0 Å². The predicted octanol–water partition coefficient (Wildman–Crippen LogP) is 3.93. The number of Topliss-reactive ketones (excluding diaryl/α,β-unsaturated/α-hetero) is 1. The molecule has 0 bridgehead atoms. The van der Waals surface area contributed by atoms with Gasteiger partial charge in [0.25, 0.3) is 0 Å². The minimum absolute atomic E-state index is 0.0380. The summed E-state index contributed by atoms with van der Waals surface area (Å²) in [6, 6.07) is 8.74. The average Bonchev–Trinajstić information content (AvgIpc) is 2.84. The molecule has 1 heterocycles. The van der Waals surface area contributed by atoms with Crippen molar-refractivity contribution in [1.29, 1.82) is 0 Å². The van der Waals surface area contributed by atoms with E-state index in [9.17, 15) is 15.0 Å². The molecular weight excluding hydrogens is 367 g/mol. The highest BCUT2D eigenvalue weighted by Crippen LogP contribution is 2.32. The van der Waals surface area contributed by atoms with E-state index >= 15 is 0 Å². The largest absolute Gasteiger partial charge is 0.508 e. The van der Waals surface area contributed by atoms with Crippen molar-refractivity contribution in [2.45, 2.75) is 0 Å². The summed E-state index contributed by atoms with van der Waals surface area (Å²) in [6.07, 6.45) is 2.36. The lowest BCUT2D eigenvalue weighted by molar-refractivity contribution is 0.103. The Hall–Kier alpha value is -2.83. The van der Waals surface area contributed by atoms with Gasteiger partial charge in [0.1, 0.15) is 17.8 Å². The Labute approximate surface area is 152 Å². The summed E-state index contributed by atoms with van der Waals surface area (Å²) in [7, 11) is 0. The zero-order chi connectivity index (χ0) is 18.0. The Kier molecular flexibility index (Phi) is 4.74. The molecule has 0 radical (unpaired) electrons. The number of ether oxygens (including phenoxy) is 1. The Morgan fingerprint density at radius 1 is 1.08 bits per heavy atom. The molecule has 1 aliphatic heterocycles. The van der Waals surface area contributed by atoms with Crippen LogP contribution in [-0.2, 0) is 4.74 Å². The lowest BCUT2D eigenvalue weighted by Gasteiger charge is -2.07. The van der Waals surface area contributed by atoms with E-state index in [1.165, 1.54) is 36.7 Å². The number of carbonyl (C=O) groups excluding carboxylic acids is 1. The smallest absolute Gasteiger partial charge is 0.245 e. The maximum absolute atomic E-state index is 12.6. The first-order valence-electron chi connectivity index (χ1n) is 6.95. The van der Waals surface area contributed by atoms with Gasteiger partial charge in [-0.2, -0.15) is 5.10 Å². The van der Waals surface area contributed by atoms with Crippen molar-refractivity contribution in [3.05, 3.63) is 69.4 Å². The zero-order valence-electron chi connectivity index (χ0n) is 12.5. The number of carbonyl (C=O) groups is 1. The molecule has 2 N–H and O–H groups in total. The predicted molar refractivity (Wildman–Crippen MR) is 94.8 cm³/mol. The summed E-state index contributed by atoms with van der Waals surface area (Å²) in [5.41, 5.74) is 0.534. The van der Waals surface area contributed by atoms with E-state index in [-0.39, 0.29) is 38.6 Å². The quantitative estimate of drug-likeness (QED) is 0.793. The molecule has 0 amide bonds. The molecule has 0 fully saturated rings. The molecule has 8 heteroatoms. The monoisotopic (exact) mass is 376 g/mol. The van der Waals surface area contributed by atoms with Gasteiger partial charge >= 0.3 is 0 Å². The fraction of sp³-hybridized carbons (Fsp3) is 0. The molecular formula is C17H10Cl2N2O4. The first kappa shape index (κ1) is 17.0. The first-order valence-corrected chi connectivity index (χ1v) is 7.71. The van der Waals surface area contributed by atoms with Crippen molar-refractivity contribution in [1.82, 2.24) is 0 Å². The third kappa shape index (κ3) is 3.65. The van der Waals surface area contributed by atoms with E-state index < -0.39 is 5.78 Å².